The number of nitrogens with two attached hydrogens (primary N) is 1. The summed E-state index contributed by atoms with van der Waals surface area (Å²) in [6.45, 7) is 1.57. The van der Waals surface area contributed by atoms with Crippen molar-refractivity contribution < 1.29 is 10.9 Å². The van der Waals surface area contributed by atoms with Crippen LogP contribution in [0.5, 0.6) is 5.75 Å². The van der Waals surface area contributed by atoms with Crippen LogP contribution in [0.1, 0.15) is 8.29 Å². The van der Waals surface area contributed by atoms with Crippen LogP contribution in [0.15, 0.2) is 36.5 Å². The molecule has 0 amide bonds. The van der Waals surface area contributed by atoms with Crippen LogP contribution >= 0.6 is 0 Å². The predicted molar refractivity (Wildman–Crippen MR) is 61.0 cm³/mol. The SMILES string of the molecule is [2H]c1ccc2cc(OC(=O)[C@H](C)N)ccc2n1. The second-order valence-electron chi connectivity index (χ2n) is 3.50. The van der Waals surface area contributed by atoms with Crippen molar-refractivity contribution in [1.82, 2.24) is 4.98 Å². The minimum absolute atomic E-state index is 0.206. The number of pyridine rings is 1. The summed E-state index contributed by atoms with van der Waals surface area (Å²) in [5.74, 6) is -0.0475. The minimum atomic E-state index is -0.653. The lowest BCUT2D eigenvalue weighted by Crippen LogP contribution is -2.30. The van der Waals surface area contributed by atoms with Gasteiger partial charge in [0.25, 0.3) is 0 Å². The van der Waals surface area contributed by atoms with E-state index in [1.807, 2.05) is 0 Å². The van der Waals surface area contributed by atoms with Gasteiger partial charge in [-0.2, -0.15) is 0 Å². The molecule has 1 heterocycles. The first kappa shape index (κ1) is 9.30. The molecule has 0 saturated carbocycles. The molecule has 0 aliphatic carbocycles. The van der Waals surface area contributed by atoms with Crippen LogP contribution in [0.2, 0.25) is 0 Å². The summed E-state index contributed by atoms with van der Waals surface area (Å²) < 4.78 is 12.5. The van der Waals surface area contributed by atoms with E-state index in [4.69, 9.17) is 11.8 Å². The summed E-state index contributed by atoms with van der Waals surface area (Å²) in [6.07, 6.45) is 0.206. The van der Waals surface area contributed by atoms with Gasteiger partial charge in [0.2, 0.25) is 0 Å². The number of carbonyl (C=O) groups is 1. The highest BCUT2D eigenvalue weighted by atomic mass is 16.5. The summed E-state index contributed by atoms with van der Waals surface area (Å²) in [5, 5.41) is 0.816. The van der Waals surface area contributed by atoms with Crippen molar-refractivity contribution in [1.29, 1.82) is 0 Å². The molecule has 82 valence electrons. The Hall–Kier alpha value is -1.94. The van der Waals surface area contributed by atoms with E-state index >= 15 is 0 Å². The van der Waals surface area contributed by atoms with Gasteiger partial charge in [-0.1, -0.05) is 6.07 Å². The summed E-state index contributed by atoms with van der Waals surface area (Å²) in [5.41, 5.74) is 6.10. The van der Waals surface area contributed by atoms with Crippen LogP contribution in [0.4, 0.5) is 0 Å². The molecule has 2 rings (SSSR count). The van der Waals surface area contributed by atoms with Gasteiger partial charge < -0.3 is 10.5 Å². The zero-order valence-electron chi connectivity index (χ0n) is 9.81. The van der Waals surface area contributed by atoms with E-state index in [2.05, 4.69) is 4.98 Å². The van der Waals surface area contributed by atoms with E-state index in [0.29, 0.717) is 11.3 Å². The van der Waals surface area contributed by atoms with Gasteiger partial charge in [0.05, 0.1) is 6.89 Å². The Morgan fingerprint density at radius 2 is 2.38 bits per heavy atom. The molecule has 1 aromatic heterocycles. The molecule has 0 unspecified atom stereocenters. The molecule has 2 aromatic rings. The molecule has 2 N–H and O–H groups in total. The van der Waals surface area contributed by atoms with E-state index in [0.717, 1.165) is 5.39 Å². The van der Waals surface area contributed by atoms with Crippen molar-refractivity contribution in [3.8, 4) is 5.75 Å². The molecule has 0 saturated heterocycles. The third-order valence-corrected chi connectivity index (χ3v) is 2.11. The highest BCUT2D eigenvalue weighted by Gasteiger charge is 2.10. The maximum Gasteiger partial charge on any atom is 0.328 e. The van der Waals surface area contributed by atoms with Gasteiger partial charge in [-0.25, -0.2) is 4.79 Å². The first-order valence-corrected chi connectivity index (χ1v) is 4.91. The van der Waals surface area contributed by atoms with Crippen molar-refractivity contribution in [2.24, 2.45) is 5.73 Å². The van der Waals surface area contributed by atoms with Crippen LogP contribution < -0.4 is 10.5 Å². The summed E-state index contributed by atoms with van der Waals surface area (Å²) in [4.78, 5) is 15.3. The number of ether oxygens (including phenoxy) is 1. The average Bonchev–Trinajstić information content (AvgIpc) is 2.29. The molecular weight excluding hydrogens is 204 g/mol. The zero-order chi connectivity index (χ0) is 12.4. The molecule has 4 heteroatoms. The van der Waals surface area contributed by atoms with Crippen LogP contribution in [-0.4, -0.2) is 17.0 Å². The zero-order valence-corrected chi connectivity index (χ0v) is 8.81. The highest BCUT2D eigenvalue weighted by Crippen LogP contribution is 2.19. The third-order valence-electron chi connectivity index (χ3n) is 2.11. The fraction of sp³-hybridized carbons (Fsp3) is 0.167. The van der Waals surface area contributed by atoms with Crippen molar-refractivity contribution in [2.75, 3.05) is 0 Å². The largest absolute Gasteiger partial charge is 0.425 e. The second-order valence-corrected chi connectivity index (χ2v) is 3.50. The Labute approximate surface area is 94.4 Å². The van der Waals surface area contributed by atoms with Crippen LogP contribution in [0.25, 0.3) is 10.9 Å². The molecule has 0 spiro atoms. The number of hydrogen-bond donors (Lipinski definition) is 1. The number of carbonyl (C=O) groups excluding carboxylic acids is 1. The lowest BCUT2D eigenvalue weighted by molar-refractivity contribution is -0.135. The van der Waals surface area contributed by atoms with Gasteiger partial charge in [-0.15, -0.1) is 0 Å². The van der Waals surface area contributed by atoms with Gasteiger partial charge in [0, 0.05) is 11.6 Å². The van der Waals surface area contributed by atoms with Crippen LogP contribution in [0.3, 0.4) is 0 Å². The van der Waals surface area contributed by atoms with Crippen LogP contribution in [-0.2, 0) is 4.79 Å². The number of nitrogens with zero attached hydrogens (tertiary/aromatic N) is 1. The lowest BCUT2D eigenvalue weighted by Gasteiger charge is -2.07. The number of fused-ring (bicyclic) bond motifs is 1. The molecule has 0 aliphatic heterocycles. The molecule has 0 fully saturated rings. The molecule has 1 atom stereocenters. The predicted octanol–water partition coefficient (Wildman–Crippen LogP) is 1.49. The lowest BCUT2D eigenvalue weighted by atomic mass is 10.2. The van der Waals surface area contributed by atoms with Crippen molar-refractivity contribution >= 4 is 16.9 Å². The van der Waals surface area contributed by atoms with Gasteiger partial charge >= 0.3 is 5.97 Å². The number of aromatic nitrogens is 1. The topological polar surface area (TPSA) is 65.2 Å². The second kappa shape index (κ2) is 4.28. The summed E-state index contributed by atoms with van der Waals surface area (Å²) in [6, 6.07) is 7.72. The van der Waals surface area contributed by atoms with Gasteiger partial charge in [-0.3, -0.25) is 4.98 Å². The minimum Gasteiger partial charge on any atom is -0.425 e. The number of benzene rings is 1. The van der Waals surface area contributed by atoms with E-state index < -0.39 is 12.0 Å². The fourth-order valence-electron chi connectivity index (χ4n) is 1.27. The Kier molecular flexibility index (Phi) is 2.49. The standard InChI is InChI=1S/C12H12N2O2/c1-8(13)12(15)16-10-4-5-11-9(7-10)3-2-6-14-11/h2-8H,13H2,1H3/t8-/m0/s1/i6D. The molecule has 0 bridgehead atoms. The molecule has 1 aromatic carbocycles. The van der Waals surface area contributed by atoms with Crippen molar-refractivity contribution in [2.45, 2.75) is 13.0 Å². The molecular formula is C12H12N2O2. The summed E-state index contributed by atoms with van der Waals surface area (Å²) in [7, 11) is 0. The Balaban J connectivity index is 2.32. The average molecular weight is 217 g/mol. The first-order valence-electron chi connectivity index (χ1n) is 5.41. The number of rotatable bonds is 2. The normalized spacial score (nSPS) is 13.2. The monoisotopic (exact) mass is 217 g/mol. The maximum atomic E-state index is 11.3. The number of esters is 1. The molecule has 16 heavy (non-hydrogen) atoms. The molecule has 4 nitrogen and oxygen atoms in total. The number of hydrogen-bond acceptors (Lipinski definition) is 4. The van der Waals surface area contributed by atoms with Crippen molar-refractivity contribution in [3.05, 3.63) is 36.5 Å². The Bertz CT molecular complexity index is 569. The Morgan fingerprint density at radius 1 is 1.56 bits per heavy atom. The van der Waals surface area contributed by atoms with E-state index in [9.17, 15) is 4.79 Å². The highest BCUT2D eigenvalue weighted by molar-refractivity contribution is 5.82. The van der Waals surface area contributed by atoms with Gasteiger partial charge in [0.15, 0.2) is 0 Å². The fourth-order valence-corrected chi connectivity index (χ4v) is 1.27. The molecule has 0 aliphatic rings. The van der Waals surface area contributed by atoms with Crippen LogP contribution in [0, 0.1) is 0 Å². The third kappa shape index (κ3) is 2.17. The van der Waals surface area contributed by atoms with Crippen molar-refractivity contribution in [3.63, 3.8) is 0 Å². The smallest absolute Gasteiger partial charge is 0.328 e. The molecule has 0 radical (unpaired) electrons. The van der Waals surface area contributed by atoms with Gasteiger partial charge in [-0.05, 0) is 31.2 Å². The Morgan fingerprint density at radius 3 is 3.12 bits per heavy atom. The van der Waals surface area contributed by atoms with E-state index in [1.165, 1.54) is 0 Å². The van der Waals surface area contributed by atoms with E-state index in [-0.39, 0.29) is 6.17 Å². The first-order chi connectivity index (χ1) is 8.06. The quantitative estimate of drug-likeness (QED) is 0.611. The maximum absolute atomic E-state index is 11.3. The summed E-state index contributed by atoms with van der Waals surface area (Å²) >= 11 is 0. The van der Waals surface area contributed by atoms with Gasteiger partial charge in [0.1, 0.15) is 11.8 Å². The van der Waals surface area contributed by atoms with E-state index in [1.54, 1.807) is 37.3 Å².